The van der Waals surface area contributed by atoms with Gasteiger partial charge < -0.3 is 4.74 Å². The first kappa shape index (κ1) is 11.9. The van der Waals surface area contributed by atoms with Gasteiger partial charge in [-0.25, -0.2) is 0 Å². The normalized spacial score (nSPS) is 9.38. The second-order valence-electron chi connectivity index (χ2n) is 3.26. The van der Waals surface area contributed by atoms with Crippen LogP contribution in [0, 0.1) is 0 Å². The van der Waals surface area contributed by atoms with Crippen molar-refractivity contribution in [1.82, 2.24) is 0 Å². The molecule has 0 N–H and O–H groups in total. The zero-order chi connectivity index (χ0) is 10.4. The third-order valence-corrected chi connectivity index (χ3v) is 1.76. The van der Waals surface area contributed by atoms with Crippen molar-refractivity contribution in [1.29, 1.82) is 0 Å². The van der Waals surface area contributed by atoms with E-state index in [4.69, 9.17) is 4.74 Å². The quantitative estimate of drug-likeness (QED) is 0.567. The summed E-state index contributed by atoms with van der Waals surface area (Å²) < 4.78 is 5.36. The van der Waals surface area contributed by atoms with E-state index in [1.54, 1.807) is 0 Å². The van der Waals surface area contributed by atoms with Gasteiger partial charge in [-0.2, -0.15) is 0 Å². The molecular formula is C12H18O. The molecule has 0 aromatic rings. The van der Waals surface area contributed by atoms with E-state index >= 15 is 0 Å². The molecule has 0 aliphatic rings. The maximum atomic E-state index is 5.36. The summed E-state index contributed by atoms with van der Waals surface area (Å²) in [7, 11) is 0. The monoisotopic (exact) mass is 178 g/mol. The Hall–Kier alpha value is -1.08. The molecule has 72 valence electrons. The van der Waals surface area contributed by atoms with Crippen LogP contribution in [0.3, 0.4) is 0 Å². The summed E-state index contributed by atoms with van der Waals surface area (Å²) in [4.78, 5) is 0. The Kier molecular flexibility index (Phi) is 5.09. The molecule has 0 heterocycles. The van der Waals surface area contributed by atoms with Gasteiger partial charge in [-0.3, -0.25) is 0 Å². The summed E-state index contributed by atoms with van der Waals surface area (Å²) in [5.41, 5.74) is 3.77. The highest BCUT2D eigenvalue weighted by atomic mass is 16.5. The van der Waals surface area contributed by atoms with Crippen LogP contribution in [0.5, 0.6) is 0 Å². The van der Waals surface area contributed by atoms with Gasteiger partial charge in [-0.15, -0.1) is 0 Å². The average Bonchev–Trinajstić information content (AvgIpc) is 2.03. The van der Waals surface area contributed by atoms with Crippen molar-refractivity contribution >= 4 is 0 Å². The van der Waals surface area contributed by atoms with E-state index in [0.29, 0.717) is 13.2 Å². The highest BCUT2D eigenvalue weighted by Crippen LogP contribution is 2.07. The van der Waals surface area contributed by atoms with Gasteiger partial charge in [0.05, 0.1) is 13.2 Å². The first-order chi connectivity index (χ1) is 5.95. The van der Waals surface area contributed by atoms with Gasteiger partial charge in [0, 0.05) is 0 Å². The Labute approximate surface area is 81.1 Å². The van der Waals surface area contributed by atoms with Crippen molar-refractivity contribution < 1.29 is 4.74 Å². The van der Waals surface area contributed by atoms with Gasteiger partial charge in [0.2, 0.25) is 0 Å². The fourth-order valence-corrected chi connectivity index (χ4v) is 0.544. The van der Waals surface area contributed by atoms with E-state index in [9.17, 15) is 0 Å². The van der Waals surface area contributed by atoms with Crippen molar-refractivity contribution in [3.8, 4) is 0 Å². The average molecular weight is 178 g/mol. The van der Waals surface area contributed by atoms with Crippen LogP contribution in [0.4, 0.5) is 0 Å². The lowest BCUT2D eigenvalue weighted by atomic mass is 10.1. The van der Waals surface area contributed by atoms with Crippen molar-refractivity contribution in [2.75, 3.05) is 13.2 Å². The summed E-state index contributed by atoms with van der Waals surface area (Å²) >= 11 is 0. The van der Waals surface area contributed by atoms with E-state index in [1.165, 1.54) is 0 Å². The molecule has 0 aliphatic heterocycles. The van der Waals surface area contributed by atoms with Gasteiger partial charge >= 0.3 is 0 Å². The lowest BCUT2D eigenvalue weighted by molar-refractivity contribution is 0.183. The third-order valence-electron chi connectivity index (χ3n) is 1.76. The van der Waals surface area contributed by atoms with E-state index in [0.717, 1.165) is 22.3 Å². The Morgan fingerprint density at radius 2 is 1.15 bits per heavy atom. The van der Waals surface area contributed by atoms with E-state index in [-0.39, 0.29) is 0 Å². The number of rotatable bonds is 6. The summed E-state index contributed by atoms with van der Waals surface area (Å²) in [6, 6.07) is 0. The molecule has 0 saturated carbocycles. The van der Waals surface area contributed by atoms with Crippen LogP contribution in [0.1, 0.15) is 13.8 Å². The van der Waals surface area contributed by atoms with E-state index in [2.05, 4.69) is 26.3 Å². The first-order valence-electron chi connectivity index (χ1n) is 4.20. The Bertz CT molecular complexity index is 220. The Balaban J connectivity index is 3.69. The highest BCUT2D eigenvalue weighted by Gasteiger charge is 1.97. The smallest absolute Gasteiger partial charge is 0.0718 e. The lowest BCUT2D eigenvalue weighted by Crippen LogP contribution is -2.02. The van der Waals surface area contributed by atoms with E-state index < -0.39 is 0 Å². The van der Waals surface area contributed by atoms with Crippen LogP contribution >= 0.6 is 0 Å². The minimum atomic E-state index is 0.516. The molecule has 0 atom stereocenters. The summed E-state index contributed by atoms with van der Waals surface area (Å²) in [6.07, 6.45) is 0. The highest BCUT2D eigenvalue weighted by molar-refractivity contribution is 5.25. The van der Waals surface area contributed by atoms with Crippen molar-refractivity contribution in [3.63, 3.8) is 0 Å². The van der Waals surface area contributed by atoms with Gasteiger partial charge in [-0.05, 0) is 25.0 Å². The molecule has 0 radical (unpaired) electrons. The zero-order valence-corrected chi connectivity index (χ0v) is 8.65. The molecule has 0 bridgehead atoms. The van der Waals surface area contributed by atoms with Gasteiger partial charge in [0.25, 0.3) is 0 Å². The maximum Gasteiger partial charge on any atom is 0.0718 e. The second-order valence-corrected chi connectivity index (χ2v) is 3.26. The Morgan fingerprint density at radius 1 is 0.846 bits per heavy atom. The summed E-state index contributed by atoms with van der Waals surface area (Å²) in [6.45, 7) is 20.0. The number of hydrogen-bond donors (Lipinski definition) is 0. The molecule has 0 saturated heterocycles. The predicted octanol–water partition coefficient (Wildman–Crippen LogP) is 3.27. The number of hydrogen-bond acceptors (Lipinski definition) is 1. The molecule has 13 heavy (non-hydrogen) atoms. The fraction of sp³-hybridized carbons (Fsp3) is 0.333. The minimum Gasteiger partial charge on any atom is -0.372 e. The van der Waals surface area contributed by atoms with Crippen molar-refractivity contribution in [3.05, 3.63) is 48.6 Å². The maximum absolute atomic E-state index is 5.36. The van der Waals surface area contributed by atoms with Crippen LogP contribution < -0.4 is 0 Å². The van der Waals surface area contributed by atoms with Gasteiger partial charge in [-0.1, -0.05) is 37.5 Å². The van der Waals surface area contributed by atoms with E-state index in [1.807, 2.05) is 13.8 Å². The molecule has 0 rings (SSSR count). The van der Waals surface area contributed by atoms with Crippen LogP contribution in [-0.2, 0) is 4.74 Å². The molecule has 0 unspecified atom stereocenters. The minimum absolute atomic E-state index is 0.516. The summed E-state index contributed by atoms with van der Waals surface area (Å²) in [5, 5.41) is 0. The van der Waals surface area contributed by atoms with Crippen LogP contribution in [0.2, 0.25) is 0 Å². The number of ether oxygens (including phenoxy) is 1. The van der Waals surface area contributed by atoms with Gasteiger partial charge in [0.15, 0.2) is 0 Å². The largest absolute Gasteiger partial charge is 0.372 e. The molecule has 0 aromatic heterocycles. The topological polar surface area (TPSA) is 9.23 Å². The molecule has 0 aliphatic carbocycles. The predicted molar refractivity (Wildman–Crippen MR) is 58.7 cm³/mol. The summed E-state index contributed by atoms with van der Waals surface area (Å²) in [5.74, 6) is 0. The van der Waals surface area contributed by atoms with Crippen molar-refractivity contribution in [2.24, 2.45) is 0 Å². The van der Waals surface area contributed by atoms with Crippen LogP contribution in [0.15, 0.2) is 48.6 Å². The molecule has 0 aromatic carbocycles. The fourth-order valence-electron chi connectivity index (χ4n) is 0.544. The van der Waals surface area contributed by atoms with Gasteiger partial charge in [0.1, 0.15) is 0 Å². The Morgan fingerprint density at radius 3 is 1.38 bits per heavy atom. The molecular weight excluding hydrogens is 160 g/mol. The van der Waals surface area contributed by atoms with Crippen LogP contribution in [-0.4, -0.2) is 13.2 Å². The third kappa shape index (κ3) is 5.21. The molecule has 0 spiro atoms. The molecule has 0 fully saturated rings. The molecule has 0 amide bonds. The standard InChI is InChI=1S/C12H18O/c1-9(2)11(5)7-13-8-12(6)10(3)4/h1,3,5-8H2,2,4H3. The SMILES string of the molecule is C=C(C)C(=C)COCC(=C)C(=C)C. The first-order valence-corrected chi connectivity index (χ1v) is 4.20. The van der Waals surface area contributed by atoms with Crippen LogP contribution in [0.25, 0.3) is 0 Å². The zero-order valence-electron chi connectivity index (χ0n) is 8.65. The second kappa shape index (κ2) is 5.55. The van der Waals surface area contributed by atoms with Crippen molar-refractivity contribution in [2.45, 2.75) is 13.8 Å². The lowest BCUT2D eigenvalue weighted by Gasteiger charge is -2.08. The molecule has 1 nitrogen and oxygen atoms in total. The molecule has 1 heteroatoms.